The van der Waals surface area contributed by atoms with Crippen molar-refractivity contribution in [2.75, 3.05) is 6.61 Å². The first-order valence-electron chi connectivity index (χ1n) is 6.63. The molecule has 0 heterocycles. The fraction of sp³-hybridized carbons (Fsp3) is 0.500. The average Bonchev–Trinajstić information content (AvgIpc) is 2.87. The lowest BCUT2D eigenvalue weighted by molar-refractivity contribution is -0.0328. The van der Waals surface area contributed by atoms with Gasteiger partial charge in [-0.15, -0.1) is 0 Å². The van der Waals surface area contributed by atoms with Gasteiger partial charge in [-0.05, 0) is 48.9 Å². The zero-order chi connectivity index (χ0) is 15.5. The van der Waals surface area contributed by atoms with E-state index < -0.39 is 11.0 Å². The van der Waals surface area contributed by atoms with Crippen molar-refractivity contribution in [1.29, 1.82) is 0 Å². The van der Waals surface area contributed by atoms with Gasteiger partial charge in [-0.25, -0.2) is 0 Å². The maximum Gasteiger partial charge on any atom is 0.446 e. The highest BCUT2D eigenvalue weighted by atomic mass is 32.2. The van der Waals surface area contributed by atoms with Crippen molar-refractivity contribution in [3.8, 4) is 0 Å². The average molecular weight is 319 g/mol. The molecular formula is C14H16F3NO2S. The normalized spacial score (nSPS) is 17.7. The molecule has 7 heteroatoms. The monoisotopic (exact) mass is 319 g/mol. The van der Waals surface area contributed by atoms with Crippen LogP contribution in [0.4, 0.5) is 13.2 Å². The Morgan fingerprint density at radius 3 is 2.29 bits per heavy atom. The molecule has 1 amide bonds. The lowest BCUT2D eigenvalue weighted by Crippen LogP contribution is -2.49. The van der Waals surface area contributed by atoms with Crippen molar-refractivity contribution >= 4 is 17.7 Å². The number of rotatable bonds is 4. The van der Waals surface area contributed by atoms with Gasteiger partial charge < -0.3 is 10.4 Å². The number of thioether (sulfide) groups is 1. The molecule has 1 aromatic rings. The molecule has 116 valence electrons. The van der Waals surface area contributed by atoms with Gasteiger partial charge in [0.2, 0.25) is 0 Å². The summed E-state index contributed by atoms with van der Waals surface area (Å²) >= 11 is -0.214. The predicted octanol–water partition coefficient (Wildman–Crippen LogP) is 3.33. The molecular weight excluding hydrogens is 303 g/mol. The van der Waals surface area contributed by atoms with Crippen LogP contribution in [0.3, 0.4) is 0 Å². The molecule has 0 atom stereocenters. The maximum atomic E-state index is 12.2. The molecule has 1 aliphatic carbocycles. The molecule has 0 aromatic heterocycles. The third-order valence-corrected chi connectivity index (χ3v) is 4.33. The molecule has 3 nitrogen and oxygen atoms in total. The molecule has 0 bridgehead atoms. The maximum absolute atomic E-state index is 12.2. The lowest BCUT2D eigenvalue weighted by atomic mass is 9.98. The van der Waals surface area contributed by atoms with Crippen molar-refractivity contribution in [3.63, 3.8) is 0 Å². The summed E-state index contributed by atoms with van der Waals surface area (Å²) in [6.45, 7) is -0.124. The number of nitrogens with one attached hydrogen (secondary N) is 1. The molecule has 0 radical (unpaired) electrons. The fourth-order valence-electron chi connectivity index (χ4n) is 2.50. The second-order valence-electron chi connectivity index (χ2n) is 5.17. The third kappa shape index (κ3) is 4.38. The van der Waals surface area contributed by atoms with Crippen LogP contribution >= 0.6 is 11.8 Å². The van der Waals surface area contributed by atoms with Crippen LogP contribution in [0.2, 0.25) is 0 Å². The minimum absolute atomic E-state index is 0.0387. The van der Waals surface area contributed by atoms with Crippen molar-refractivity contribution in [2.24, 2.45) is 0 Å². The quantitative estimate of drug-likeness (QED) is 0.837. The van der Waals surface area contributed by atoms with E-state index in [0.717, 1.165) is 25.7 Å². The molecule has 0 spiro atoms. The zero-order valence-electron chi connectivity index (χ0n) is 11.2. The van der Waals surface area contributed by atoms with Gasteiger partial charge in [-0.3, -0.25) is 4.79 Å². The first kappa shape index (κ1) is 16.2. The Labute approximate surface area is 124 Å². The SMILES string of the molecule is O=C(NC1(CO)CCCC1)c1ccc(SC(F)(F)F)cc1. The van der Waals surface area contributed by atoms with Crippen molar-refractivity contribution in [1.82, 2.24) is 5.32 Å². The van der Waals surface area contributed by atoms with Crippen molar-refractivity contribution in [2.45, 2.75) is 41.6 Å². The summed E-state index contributed by atoms with van der Waals surface area (Å²) in [7, 11) is 0. The number of hydrogen-bond acceptors (Lipinski definition) is 3. The van der Waals surface area contributed by atoms with E-state index in [1.807, 2.05) is 0 Å². The third-order valence-electron chi connectivity index (χ3n) is 3.59. The van der Waals surface area contributed by atoms with Gasteiger partial charge in [-0.2, -0.15) is 13.2 Å². The summed E-state index contributed by atoms with van der Waals surface area (Å²) in [6, 6.07) is 5.27. The molecule has 1 aromatic carbocycles. The van der Waals surface area contributed by atoms with Gasteiger partial charge in [-0.1, -0.05) is 12.8 Å². The number of carbonyl (C=O) groups is 1. The minimum atomic E-state index is -4.34. The Morgan fingerprint density at radius 1 is 1.24 bits per heavy atom. The first-order valence-corrected chi connectivity index (χ1v) is 7.44. The standard InChI is InChI=1S/C14H16F3NO2S/c15-14(16,17)21-11-5-3-10(4-6-11)12(20)18-13(9-19)7-1-2-8-13/h3-6,19H,1-2,7-9H2,(H,18,20). The summed E-state index contributed by atoms with van der Waals surface area (Å²) < 4.78 is 36.7. The van der Waals surface area contributed by atoms with Crippen LogP contribution < -0.4 is 5.32 Å². The van der Waals surface area contributed by atoms with Gasteiger partial charge in [0.15, 0.2) is 0 Å². The molecule has 0 aliphatic heterocycles. The summed E-state index contributed by atoms with van der Waals surface area (Å²) in [4.78, 5) is 12.1. The van der Waals surface area contributed by atoms with E-state index in [-0.39, 0.29) is 29.2 Å². The molecule has 1 aliphatic rings. The highest BCUT2D eigenvalue weighted by Crippen LogP contribution is 2.36. The first-order chi connectivity index (χ1) is 9.84. The van der Waals surface area contributed by atoms with Crippen LogP contribution in [0.1, 0.15) is 36.0 Å². The molecule has 1 fully saturated rings. The largest absolute Gasteiger partial charge is 0.446 e. The molecule has 2 rings (SSSR count). The second kappa shape index (κ2) is 6.27. The fourth-order valence-corrected chi connectivity index (χ4v) is 3.03. The lowest BCUT2D eigenvalue weighted by Gasteiger charge is -2.28. The van der Waals surface area contributed by atoms with Gasteiger partial charge in [0, 0.05) is 10.5 Å². The summed E-state index contributed by atoms with van der Waals surface area (Å²) in [6.07, 6.45) is 3.33. The summed E-state index contributed by atoms with van der Waals surface area (Å²) in [5.74, 6) is -0.366. The van der Waals surface area contributed by atoms with Gasteiger partial charge in [0.05, 0.1) is 12.1 Å². The number of halogens is 3. The Balaban J connectivity index is 2.03. The summed E-state index contributed by atoms with van der Waals surface area (Å²) in [5.41, 5.74) is -4.63. The highest BCUT2D eigenvalue weighted by Gasteiger charge is 2.35. The van der Waals surface area contributed by atoms with E-state index in [1.165, 1.54) is 24.3 Å². The van der Waals surface area contributed by atoms with E-state index >= 15 is 0 Å². The molecule has 0 unspecified atom stereocenters. The van der Waals surface area contributed by atoms with Crippen molar-refractivity contribution in [3.05, 3.63) is 29.8 Å². The number of benzene rings is 1. The van der Waals surface area contributed by atoms with Gasteiger partial charge in [0.25, 0.3) is 5.91 Å². The Bertz CT molecular complexity index is 496. The summed E-state index contributed by atoms with van der Waals surface area (Å²) in [5, 5.41) is 12.2. The van der Waals surface area contributed by atoms with Crippen molar-refractivity contribution < 1.29 is 23.1 Å². The van der Waals surface area contributed by atoms with E-state index in [1.54, 1.807) is 0 Å². The highest BCUT2D eigenvalue weighted by molar-refractivity contribution is 8.00. The number of alkyl halides is 3. The van der Waals surface area contributed by atoms with Gasteiger partial charge in [0.1, 0.15) is 0 Å². The van der Waals surface area contributed by atoms with E-state index in [9.17, 15) is 23.1 Å². The van der Waals surface area contributed by atoms with Crippen LogP contribution in [0.25, 0.3) is 0 Å². The van der Waals surface area contributed by atoms with Gasteiger partial charge >= 0.3 is 5.51 Å². The zero-order valence-corrected chi connectivity index (χ0v) is 12.1. The van der Waals surface area contributed by atoms with E-state index in [2.05, 4.69) is 5.32 Å². The second-order valence-corrected chi connectivity index (χ2v) is 6.31. The predicted molar refractivity (Wildman–Crippen MR) is 74.1 cm³/mol. The van der Waals surface area contributed by atoms with E-state index in [4.69, 9.17) is 0 Å². The number of amides is 1. The van der Waals surface area contributed by atoms with Crippen LogP contribution in [0.15, 0.2) is 29.2 Å². The number of carbonyl (C=O) groups excluding carboxylic acids is 1. The Kier molecular flexibility index (Phi) is 4.83. The smallest absolute Gasteiger partial charge is 0.394 e. The number of hydrogen-bond donors (Lipinski definition) is 2. The molecule has 0 saturated heterocycles. The van der Waals surface area contributed by atoms with Crippen LogP contribution in [-0.4, -0.2) is 28.7 Å². The Morgan fingerprint density at radius 2 is 1.81 bits per heavy atom. The number of aliphatic hydroxyl groups is 1. The minimum Gasteiger partial charge on any atom is -0.394 e. The molecule has 2 N–H and O–H groups in total. The van der Waals surface area contributed by atoms with Crippen LogP contribution in [-0.2, 0) is 0 Å². The molecule has 1 saturated carbocycles. The number of aliphatic hydroxyl groups excluding tert-OH is 1. The molecule has 21 heavy (non-hydrogen) atoms. The van der Waals surface area contributed by atoms with Crippen LogP contribution in [0.5, 0.6) is 0 Å². The van der Waals surface area contributed by atoms with E-state index in [0.29, 0.717) is 5.56 Å². The Hall–Kier alpha value is -1.21. The van der Waals surface area contributed by atoms with Crippen LogP contribution in [0, 0.1) is 0 Å². The topological polar surface area (TPSA) is 49.3 Å².